The highest BCUT2D eigenvalue weighted by atomic mass is 79.9. The van der Waals surface area contributed by atoms with Crippen molar-refractivity contribution in [2.75, 3.05) is 24.4 Å². The van der Waals surface area contributed by atoms with Crippen molar-refractivity contribution < 1.29 is 9.47 Å². The largest absolute Gasteiger partial charge is 0.497 e. The molecule has 0 fully saturated rings. The first-order valence-corrected chi connectivity index (χ1v) is 15.1. The molecule has 5 aromatic rings. The molecule has 0 radical (unpaired) electrons. The minimum absolute atomic E-state index is 0.597. The van der Waals surface area contributed by atoms with Gasteiger partial charge in [0.05, 0.1) is 20.3 Å². The third-order valence-corrected chi connectivity index (χ3v) is 8.20. The first-order chi connectivity index (χ1) is 20.1. The summed E-state index contributed by atoms with van der Waals surface area (Å²) >= 11 is 9.71. The van der Waals surface area contributed by atoms with Gasteiger partial charge >= 0.3 is 0 Å². The number of aromatic nitrogens is 3. The van der Waals surface area contributed by atoms with Crippen LogP contribution in [0.5, 0.6) is 11.5 Å². The van der Waals surface area contributed by atoms with E-state index in [0.717, 1.165) is 81.4 Å². The standard InChI is InChI=1S/C32H32BrN5O2S/c1-3-40-26-17-13-24(14-18-26)35-31(41)30-29(21-7-9-22(33)10-8-21)27-6-4-5-19-37-28(36-38(30)32(27)37)20-34-23-11-15-25(39-2)16-12-23/h7-18,34H,3-6,19-20H2,1-2H3,(H,35,41). The number of benzene rings is 3. The topological polar surface area (TPSA) is 64.8 Å². The van der Waals surface area contributed by atoms with Crippen LogP contribution in [0.4, 0.5) is 11.4 Å². The molecule has 210 valence electrons. The summed E-state index contributed by atoms with van der Waals surface area (Å²) in [7, 11) is 1.68. The summed E-state index contributed by atoms with van der Waals surface area (Å²) in [6.45, 7) is 4.12. The molecule has 9 heteroatoms. The summed E-state index contributed by atoms with van der Waals surface area (Å²) in [4.78, 5) is 0.633. The number of halogens is 1. The van der Waals surface area contributed by atoms with Gasteiger partial charge in [0.25, 0.3) is 0 Å². The number of aryl methyl sites for hydroxylation is 2. The molecule has 1 aliphatic rings. The van der Waals surface area contributed by atoms with Crippen LogP contribution in [-0.4, -0.2) is 32.9 Å². The molecule has 0 unspecified atom stereocenters. The van der Waals surface area contributed by atoms with Crippen molar-refractivity contribution in [1.82, 2.24) is 14.2 Å². The van der Waals surface area contributed by atoms with E-state index in [9.17, 15) is 0 Å². The van der Waals surface area contributed by atoms with E-state index in [0.29, 0.717) is 18.1 Å². The summed E-state index contributed by atoms with van der Waals surface area (Å²) in [6, 6.07) is 24.3. The normalized spacial score (nSPS) is 12.7. The molecule has 3 aromatic carbocycles. The van der Waals surface area contributed by atoms with Crippen molar-refractivity contribution in [3.63, 3.8) is 0 Å². The van der Waals surface area contributed by atoms with Gasteiger partial charge in [0, 0.05) is 33.5 Å². The van der Waals surface area contributed by atoms with Gasteiger partial charge in [-0.2, -0.15) is 5.10 Å². The van der Waals surface area contributed by atoms with Gasteiger partial charge < -0.3 is 24.7 Å². The SMILES string of the molecule is CCOc1ccc(NC(=S)c2c(-c3ccc(Br)cc3)c3c4n(c(CNc5ccc(OC)cc5)nn24)CCCC3)cc1. The van der Waals surface area contributed by atoms with E-state index in [1.807, 2.05) is 55.5 Å². The first-order valence-electron chi connectivity index (χ1n) is 13.9. The second kappa shape index (κ2) is 12.0. The highest BCUT2D eigenvalue weighted by molar-refractivity contribution is 9.10. The van der Waals surface area contributed by atoms with Crippen LogP contribution in [0.15, 0.2) is 77.3 Å². The van der Waals surface area contributed by atoms with Crippen LogP contribution in [-0.2, 0) is 19.5 Å². The molecular weight excluding hydrogens is 598 g/mol. The van der Waals surface area contributed by atoms with Crippen LogP contribution < -0.4 is 20.1 Å². The number of thiocarbonyl (C=S) groups is 1. The highest BCUT2D eigenvalue weighted by Gasteiger charge is 2.29. The quantitative estimate of drug-likeness (QED) is 0.163. The van der Waals surface area contributed by atoms with Crippen LogP contribution >= 0.6 is 28.1 Å². The maximum absolute atomic E-state index is 6.11. The van der Waals surface area contributed by atoms with E-state index < -0.39 is 0 Å². The Balaban J connectivity index is 1.42. The third kappa shape index (κ3) is 5.56. The number of rotatable bonds is 9. The molecule has 2 N–H and O–H groups in total. The fourth-order valence-corrected chi connectivity index (χ4v) is 6.02. The molecule has 6 rings (SSSR count). The molecule has 1 aliphatic heterocycles. The lowest BCUT2D eigenvalue weighted by atomic mass is 9.98. The lowest BCUT2D eigenvalue weighted by Crippen LogP contribution is -2.15. The third-order valence-electron chi connectivity index (χ3n) is 7.37. The summed E-state index contributed by atoms with van der Waals surface area (Å²) in [5.74, 6) is 2.65. The van der Waals surface area contributed by atoms with Crippen LogP contribution in [0.25, 0.3) is 16.8 Å². The Morgan fingerprint density at radius 1 is 0.951 bits per heavy atom. The number of nitrogens with zero attached hydrogens (tertiary/aromatic N) is 3. The van der Waals surface area contributed by atoms with Gasteiger partial charge in [0.1, 0.15) is 27.8 Å². The zero-order valence-electron chi connectivity index (χ0n) is 23.1. The summed E-state index contributed by atoms with van der Waals surface area (Å²) in [5, 5.41) is 12.2. The molecule has 2 aromatic heterocycles. The lowest BCUT2D eigenvalue weighted by molar-refractivity contribution is 0.340. The second-order valence-electron chi connectivity index (χ2n) is 9.96. The molecule has 41 heavy (non-hydrogen) atoms. The zero-order chi connectivity index (χ0) is 28.3. The zero-order valence-corrected chi connectivity index (χ0v) is 25.5. The molecule has 7 nitrogen and oxygen atoms in total. The van der Waals surface area contributed by atoms with E-state index in [-0.39, 0.29) is 0 Å². The van der Waals surface area contributed by atoms with Gasteiger partial charge in [-0.25, -0.2) is 4.52 Å². The Labute approximate surface area is 253 Å². The van der Waals surface area contributed by atoms with Gasteiger partial charge in [-0.05, 0) is 92.4 Å². The fourth-order valence-electron chi connectivity index (χ4n) is 5.45. The van der Waals surface area contributed by atoms with Crippen LogP contribution in [0, 0.1) is 0 Å². The highest BCUT2D eigenvalue weighted by Crippen LogP contribution is 2.38. The Morgan fingerprint density at radius 3 is 2.37 bits per heavy atom. The van der Waals surface area contributed by atoms with E-state index in [1.54, 1.807) is 7.11 Å². The summed E-state index contributed by atoms with van der Waals surface area (Å²) in [5.41, 5.74) is 7.53. The maximum Gasteiger partial charge on any atom is 0.150 e. The average molecular weight is 631 g/mol. The maximum atomic E-state index is 6.11. The number of ether oxygens (including phenoxy) is 2. The van der Waals surface area contributed by atoms with Gasteiger partial charge in [-0.15, -0.1) is 0 Å². The molecule has 3 heterocycles. The Morgan fingerprint density at radius 2 is 1.66 bits per heavy atom. The van der Waals surface area contributed by atoms with Gasteiger partial charge in [-0.3, -0.25) is 0 Å². The number of hydrogen-bond acceptors (Lipinski definition) is 5. The van der Waals surface area contributed by atoms with Crippen LogP contribution in [0.2, 0.25) is 0 Å². The smallest absolute Gasteiger partial charge is 0.150 e. The molecule has 0 bridgehead atoms. The van der Waals surface area contributed by atoms with E-state index in [1.165, 1.54) is 5.56 Å². The fraction of sp³-hybridized carbons (Fsp3) is 0.250. The van der Waals surface area contributed by atoms with E-state index in [2.05, 4.69) is 59.9 Å². The number of hydrogen-bond donors (Lipinski definition) is 2. The molecule has 0 spiro atoms. The summed E-state index contributed by atoms with van der Waals surface area (Å²) < 4.78 is 16.4. The van der Waals surface area contributed by atoms with E-state index >= 15 is 0 Å². The average Bonchev–Trinajstić information content (AvgIpc) is 3.39. The van der Waals surface area contributed by atoms with Crippen molar-refractivity contribution in [1.29, 1.82) is 0 Å². The van der Waals surface area contributed by atoms with Gasteiger partial charge in [0.2, 0.25) is 0 Å². The Bertz CT molecular complexity index is 1680. The molecular formula is C32H32BrN5O2S. The molecule has 0 saturated heterocycles. The second-order valence-corrected chi connectivity index (χ2v) is 11.3. The minimum atomic E-state index is 0.597. The van der Waals surface area contributed by atoms with Crippen molar-refractivity contribution in [2.24, 2.45) is 0 Å². The predicted octanol–water partition coefficient (Wildman–Crippen LogP) is 7.71. The van der Waals surface area contributed by atoms with Crippen LogP contribution in [0.3, 0.4) is 0 Å². The molecule has 0 saturated carbocycles. The Kier molecular flexibility index (Phi) is 7.98. The molecule has 0 amide bonds. The number of methoxy groups -OCH3 is 1. The predicted molar refractivity (Wildman–Crippen MR) is 173 cm³/mol. The van der Waals surface area contributed by atoms with Gasteiger partial charge in [-0.1, -0.05) is 40.3 Å². The van der Waals surface area contributed by atoms with Crippen LogP contribution in [0.1, 0.15) is 36.8 Å². The van der Waals surface area contributed by atoms with Crippen molar-refractivity contribution in [3.8, 4) is 22.6 Å². The monoisotopic (exact) mass is 629 g/mol. The summed E-state index contributed by atoms with van der Waals surface area (Å²) in [6.07, 6.45) is 3.17. The number of anilines is 2. The minimum Gasteiger partial charge on any atom is -0.497 e. The van der Waals surface area contributed by atoms with Crippen molar-refractivity contribution in [2.45, 2.75) is 39.3 Å². The molecule has 0 aliphatic carbocycles. The Hall–Kier alpha value is -3.82. The lowest BCUT2D eigenvalue weighted by Gasteiger charge is -2.12. The molecule has 0 atom stereocenters. The van der Waals surface area contributed by atoms with Crippen molar-refractivity contribution >= 4 is 50.2 Å². The van der Waals surface area contributed by atoms with Crippen molar-refractivity contribution in [3.05, 3.63) is 94.4 Å². The first kappa shape index (κ1) is 27.4. The van der Waals surface area contributed by atoms with E-state index in [4.69, 9.17) is 26.8 Å². The van der Waals surface area contributed by atoms with Gasteiger partial charge in [0.15, 0.2) is 5.82 Å². The number of nitrogens with one attached hydrogen (secondary N) is 2.